The molecule has 1 rings (SSSR count). The van der Waals surface area contributed by atoms with Crippen LogP contribution in [0.5, 0.6) is 0 Å². The second-order valence-corrected chi connectivity index (χ2v) is 5.98. The molecule has 0 aromatic carbocycles. The number of unbranched alkanes of at least 4 members (excludes halogenated alkanes) is 6. The predicted molar refractivity (Wildman–Crippen MR) is 84.5 cm³/mol. The lowest BCUT2D eigenvalue weighted by Gasteiger charge is -2.08. The Morgan fingerprint density at radius 3 is 2.40 bits per heavy atom. The SMILES string of the molecule is CCCCCCCC(=O)OC1=C(CCCCC)CCC1. The first-order valence-electron chi connectivity index (χ1n) is 8.69. The summed E-state index contributed by atoms with van der Waals surface area (Å²) in [7, 11) is 0. The minimum Gasteiger partial charge on any atom is -0.431 e. The number of esters is 1. The monoisotopic (exact) mass is 280 g/mol. The molecular weight excluding hydrogens is 248 g/mol. The fourth-order valence-corrected chi connectivity index (χ4v) is 2.82. The van der Waals surface area contributed by atoms with Crippen molar-refractivity contribution in [2.45, 2.75) is 97.3 Å². The second-order valence-electron chi connectivity index (χ2n) is 5.98. The zero-order chi connectivity index (χ0) is 14.6. The molecule has 0 aromatic heterocycles. The van der Waals surface area contributed by atoms with Crippen LogP contribution >= 0.6 is 0 Å². The van der Waals surface area contributed by atoms with Crippen LogP contribution in [0.4, 0.5) is 0 Å². The van der Waals surface area contributed by atoms with E-state index in [0.717, 1.165) is 37.9 Å². The molecule has 116 valence electrons. The molecule has 0 spiro atoms. The Morgan fingerprint density at radius 1 is 0.950 bits per heavy atom. The number of carbonyl (C=O) groups excluding carboxylic acids is 1. The van der Waals surface area contributed by atoms with Crippen molar-refractivity contribution in [3.63, 3.8) is 0 Å². The molecule has 0 aliphatic heterocycles. The molecule has 2 heteroatoms. The fourth-order valence-electron chi connectivity index (χ4n) is 2.82. The van der Waals surface area contributed by atoms with E-state index in [2.05, 4.69) is 13.8 Å². The Bertz CT molecular complexity index is 305. The van der Waals surface area contributed by atoms with Gasteiger partial charge in [0.15, 0.2) is 0 Å². The first kappa shape index (κ1) is 17.3. The minimum atomic E-state index is -0.00797. The van der Waals surface area contributed by atoms with Gasteiger partial charge < -0.3 is 4.74 Å². The Labute approximate surface area is 125 Å². The van der Waals surface area contributed by atoms with Crippen LogP contribution in [0.25, 0.3) is 0 Å². The number of hydrogen-bond acceptors (Lipinski definition) is 2. The number of rotatable bonds is 11. The van der Waals surface area contributed by atoms with Crippen molar-refractivity contribution < 1.29 is 9.53 Å². The van der Waals surface area contributed by atoms with Gasteiger partial charge in [-0.15, -0.1) is 0 Å². The summed E-state index contributed by atoms with van der Waals surface area (Å²) >= 11 is 0. The van der Waals surface area contributed by atoms with E-state index in [0.29, 0.717) is 6.42 Å². The third-order valence-corrected chi connectivity index (χ3v) is 4.08. The molecule has 0 N–H and O–H groups in total. The smallest absolute Gasteiger partial charge is 0.310 e. The van der Waals surface area contributed by atoms with E-state index in [1.165, 1.54) is 50.5 Å². The zero-order valence-corrected chi connectivity index (χ0v) is 13.5. The van der Waals surface area contributed by atoms with Gasteiger partial charge in [0.25, 0.3) is 0 Å². The van der Waals surface area contributed by atoms with Gasteiger partial charge in [-0.05, 0) is 37.7 Å². The van der Waals surface area contributed by atoms with Crippen molar-refractivity contribution in [3.05, 3.63) is 11.3 Å². The predicted octanol–water partition coefficient (Wildman–Crippen LogP) is 5.91. The summed E-state index contributed by atoms with van der Waals surface area (Å²) < 4.78 is 5.60. The molecule has 0 unspecified atom stereocenters. The number of carbonyl (C=O) groups is 1. The highest BCUT2D eigenvalue weighted by atomic mass is 16.5. The lowest BCUT2D eigenvalue weighted by molar-refractivity contribution is -0.139. The zero-order valence-electron chi connectivity index (χ0n) is 13.5. The van der Waals surface area contributed by atoms with Crippen molar-refractivity contribution >= 4 is 5.97 Å². The average molecular weight is 280 g/mol. The number of allylic oxidation sites excluding steroid dienone is 2. The van der Waals surface area contributed by atoms with Crippen LogP contribution in [-0.2, 0) is 9.53 Å². The lowest BCUT2D eigenvalue weighted by atomic mass is 10.1. The van der Waals surface area contributed by atoms with Crippen molar-refractivity contribution in [2.24, 2.45) is 0 Å². The lowest BCUT2D eigenvalue weighted by Crippen LogP contribution is -2.04. The summed E-state index contributed by atoms with van der Waals surface area (Å²) in [6.07, 6.45) is 14.7. The van der Waals surface area contributed by atoms with E-state index >= 15 is 0 Å². The Kier molecular flexibility index (Phi) is 9.44. The molecule has 20 heavy (non-hydrogen) atoms. The minimum absolute atomic E-state index is 0.00797. The van der Waals surface area contributed by atoms with E-state index in [1.807, 2.05) is 0 Å². The van der Waals surface area contributed by atoms with Crippen molar-refractivity contribution in [2.75, 3.05) is 0 Å². The summed E-state index contributed by atoms with van der Waals surface area (Å²) in [5, 5.41) is 0. The van der Waals surface area contributed by atoms with Crippen LogP contribution in [0.1, 0.15) is 97.3 Å². The largest absolute Gasteiger partial charge is 0.431 e. The molecule has 1 aliphatic carbocycles. The maximum Gasteiger partial charge on any atom is 0.310 e. The van der Waals surface area contributed by atoms with Crippen LogP contribution in [-0.4, -0.2) is 5.97 Å². The molecule has 0 saturated heterocycles. The quantitative estimate of drug-likeness (QED) is 0.347. The molecule has 0 radical (unpaired) electrons. The first-order chi connectivity index (χ1) is 9.77. The van der Waals surface area contributed by atoms with Crippen molar-refractivity contribution in [1.29, 1.82) is 0 Å². The summed E-state index contributed by atoms with van der Waals surface area (Å²) in [4.78, 5) is 11.9. The average Bonchev–Trinajstić information content (AvgIpc) is 2.86. The molecule has 0 bridgehead atoms. The van der Waals surface area contributed by atoms with Gasteiger partial charge in [-0.1, -0.05) is 52.4 Å². The van der Waals surface area contributed by atoms with E-state index < -0.39 is 0 Å². The summed E-state index contributed by atoms with van der Waals surface area (Å²) in [5.41, 5.74) is 1.41. The van der Waals surface area contributed by atoms with Gasteiger partial charge in [0, 0.05) is 12.8 Å². The van der Waals surface area contributed by atoms with Crippen LogP contribution in [0, 0.1) is 0 Å². The van der Waals surface area contributed by atoms with Crippen molar-refractivity contribution in [1.82, 2.24) is 0 Å². The summed E-state index contributed by atoms with van der Waals surface area (Å²) in [6.45, 7) is 4.43. The van der Waals surface area contributed by atoms with Gasteiger partial charge in [0.2, 0.25) is 0 Å². The maximum atomic E-state index is 11.9. The Morgan fingerprint density at radius 2 is 1.65 bits per heavy atom. The molecule has 0 aromatic rings. The van der Waals surface area contributed by atoms with E-state index in [1.54, 1.807) is 0 Å². The standard InChI is InChI=1S/C18H32O2/c1-3-5-7-8-10-15-18(19)20-17-14-11-13-16(17)12-9-6-4-2/h3-15H2,1-2H3. The van der Waals surface area contributed by atoms with Gasteiger partial charge >= 0.3 is 5.97 Å². The highest BCUT2D eigenvalue weighted by molar-refractivity contribution is 5.70. The molecule has 0 heterocycles. The fraction of sp³-hybridized carbons (Fsp3) is 0.833. The molecule has 0 atom stereocenters. The van der Waals surface area contributed by atoms with Crippen LogP contribution in [0.2, 0.25) is 0 Å². The molecule has 0 saturated carbocycles. The van der Waals surface area contributed by atoms with Crippen LogP contribution in [0.3, 0.4) is 0 Å². The van der Waals surface area contributed by atoms with Gasteiger partial charge in [0.05, 0.1) is 0 Å². The molecule has 0 fully saturated rings. The van der Waals surface area contributed by atoms with Gasteiger partial charge in [-0.3, -0.25) is 4.79 Å². The van der Waals surface area contributed by atoms with Crippen LogP contribution in [0.15, 0.2) is 11.3 Å². The van der Waals surface area contributed by atoms with E-state index in [4.69, 9.17) is 4.74 Å². The topological polar surface area (TPSA) is 26.3 Å². The van der Waals surface area contributed by atoms with Crippen molar-refractivity contribution in [3.8, 4) is 0 Å². The maximum absolute atomic E-state index is 11.9. The first-order valence-corrected chi connectivity index (χ1v) is 8.69. The van der Waals surface area contributed by atoms with E-state index in [-0.39, 0.29) is 5.97 Å². The Balaban J connectivity index is 2.22. The third kappa shape index (κ3) is 7.12. The van der Waals surface area contributed by atoms with Gasteiger partial charge in [-0.2, -0.15) is 0 Å². The highest BCUT2D eigenvalue weighted by Crippen LogP contribution is 2.31. The Hall–Kier alpha value is -0.790. The van der Waals surface area contributed by atoms with Gasteiger partial charge in [-0.25, -0.2) is 0 Å². The molecule has 1 aliphatic rings. The summed E-state index contributed by atoms with van der Waals surface area (Å²) in [6, 6.07) is 0. The third-order valence-electron chi connectivity index (χ3n) is 4.08. The molecule has 0 amide bonds. The van der Waals surface area contributed by atoms with Gasteiger partial charge in [0.1, 0.15) is 5.76 Å². The number of ether oxygens (including phenoxy) is 1. The molecule has 2 nitrogen and oxygen atoms in total. The summed E-state index contributed by atoms with van der Waals surface area (Å²) in [5.74, 6) is 1.01. The number of hydrogen-bond donors (Lipinski definition) is 0. The van der Waals surface area contributed by atoms with E-state index in [9.17, 15) is 4.79 Å². The van der Waals surface area contributed by atoms with Crippen LogP contribution < -0.4 is 0 Å². The molecular formula is C18H32O2. The highest BCUT2D eigenvalue weighted by Gasteiger charge is 2.18. The normalized spacial score (nSPS) is 14.9. The second kappa shape index (κ2) is 10.9.